The van der Waals surface area contributed by atoms with Crippen molar-refractivity contribution in [2.24, 2.45) is 0 Å². The Balaban J connectivity index is 1.40. The molecule has 0 N–H and O–H groups in total. The van der Waals surface area contributed by atoms with E-state index in [0.29, 0.717) is 17.4 Å². The topological polar surface area (TPSA) is 68.4 Å². The normalized spacial score (nSPS) is 15.0. The van der Waals surface area contributed by atoms with Crippen LogP contribution >= 0.6 is 11.6 Å². The molecule has 0 radical (unpaired) electrons. The molecule has 3 aromatic rings. The average Bonchev–Trinajstić information content (AvgIpc) is 3.09. The number of tetrazole rings is 1. The van der Waals surface area contributed by atoms with Crippen molar-refractivity contribution in [3.63, 3.8) is 0 Å². The zero-order chi connectivity index (χ0) is 19.5. The molecule has 0 unspecified atom stereocenters. The van der Waals surface area contributed by atoms with Gasteiger partial charge in [-0.25, -0.2) is 4.79 Å². The third-order valence-electron chi connectivity index (χ3n) is 4.86. The molecule has 0 atom stereocenters. The molecular weight excluding hydrogens is 380 g/mol. The molecule has 1 aliphatic heterocycles. The Morgan fingerprint density at radius 2 is 1.71 bits per heavy atom. The van der Waals surface area contributed by atoms with Crippen LogP contribution in [0.3, 0.4) is 0 Å². The van der Waals surface area contributed by atoms with E-state index in [-0.39, 0.29) is 5.69 Å². The average molecular weight is 401 g/mol. The van der Waals surface area contributed by atoms with Gasteiger partial charge in [0.05, 0.1) is 17.8 Å². The lowest BCUT2D eigenvalue weighted by atomic mass is 10.2. The van der Waals surface area contributed by atoms with Gasteiger partial charge in [0, 0.05) is 31.9 Å². The first-order chi connectivity index (χ1) is 13.7. The number of piperazine rings is 1. The molecule has 1 fully saturated rings. The summed E-state index contributed by atoms with van der Waals surface area (Å²) < 4.78 is 7.81. The number of methoxy groups -OCH3 is 1. The van der Waals surface area contributed by atoms with Crippen LogP contribution in [0.2, 0.25) is 5.02 Å². The number of hydrogen-bond donors (Lipinski definition) is 0. The molecule has 1 aromatic heterocycles. The summed E-state index contributed by atoms with van der Waals surface area (Å²) in [5.41, 5.74) is 1.40. The Morgan fingerprint density at radius 1 is 1.00 bits per heavy atom. The van der Waals surface area contributed by atoms with Crippen molar-refractivity contribution in [3.8, 4) is 11.4 Å². The fourth-order valence-electron chi connectivity index (χ4n) is 3.27. The second-order valence-electron chi connectivity index (χ2n) is 6.57. The van der Waals surface area contributed by atoms with Crippen molar-refractivity contribution >= 4 is 17.3 Å². The SMILES string of the molecule is COc1ccc(N2CCN(Cn3nnn(-c4ccccc4Cl)c3=O)CC2)cc1. The highest BCUT2D eigenvalue weighted by atomic mass is 35.5. The number of nitrogens with zero attached hydrogens (tertiary/aromatic N) is 6. The van der Waals surface area contributed by atoms with Gasteiger partial charge in [0.2, 0.25) is 0 Å². The van der Waals surface area contributed by atoms with E-state index in [9.17, 15) is 4.79 Å². The lowest BCUT2D eigenvalue weighted by Gasteiger charge is -2.35. The summed E-state index contributed by atoms with van der Waals surface area (Å²) in [5, 5.41) is 8.45. The third kappa shape index (κ3) is 3.74. The predicted octanol–water partition coefficient (Wildman–Crippen LogP) is 1.87. The molecule has 2 heterocycles. The summed E-state index contributed by atoms with van der Waals surface area (Å²) >= 11 is 6.16. The molecule has 1 saturated heterocycles. The number of rotatable bonds is 5. The van der Waals surface area contributed by atoms with Gasteiger partial charge in [0.15, 0.2) is 0 Å². The minimum absolute atomic E-state index is 0.300. The van der Waals surface area contributed by atoms with E-state index in [0.717, 1.165) is 31.9 Å². The number of ether oxygens (including phenoxy) is 1. The Kier molecular flexibility index (Phi) is 5.31. The quantitative estimate of drug-likeness (QED) is 0.651. The van der Waals surface area contributed by atoms with Crippen LogP contribution in [0.1, 0.15) is 0 Å². The van der Waals surface area contributed by atoms with Crippen molar-refractivity contribution in [1.82, 2.24) is 24.7 Å². The van der Waals surface area contributed by atoms with Gasteiger partial charge < -0.3 is 9.64 Å². The molecule has 4 rings (SSSR count). The highest BCUT2D eigenvalue weighted by Gasteiger charge is 2.20. The highest BCUT2D eigenvalue weighted by molar-refractivity contribution is 6.32. The Bertz CT molecular complexity index is 992. The van der Waals surface area contributed by atoms with E-state index in [1.165, 1.54) is 15.1 Å². The molecule has 0 saturated carbocycles. The molecule has 8 nitrogen and oxygen atoms in total. The zero-order valence-electron chi connectivity index (χ0n) is 15.5. The summed E-state index contributed by atoms with van der Waals surface area (Å²) in [6.45, 7) is 3.81. The Labute approximate surface area is 167 Å². The van der Waals surface area contributed by atoms with Gasteiger partial charge in [0.1, 0.15) is 12.4 Å². The summed E-state index contributed by atoms with van der Waals surface area (Å²) in [6.07, 6.45) is 0. The van der Waals surface area contributed by atoms with Gasteiger partial charge in [-0.15, -0.1) is 0 Å². The van der Waals surface area contributed by atoms with Gasteiger partial charge in [-0.3, -0.25) is 4.90 Å². The van der Waals surface area contributed by atoms with Crippen LogP contribution in [0.4, 0.5) is 5.69 Å². The molecule has 9 heteroatoms. The second kappa shape index (κ2) is 8.04. The van der Waals surface area contributed by atoms with Gasteiger partial charge in [-0.2, -0.15) is 9.36 Å². The first kappa shape index (κ1) is 18.5. The van der Waals surface area contributed by atoms with Gasteiger partial charge in [0.25, 0.3) is 0 Å². The summed E-state index contributed by atoms with van der Waals surface area (Å²) in [4.78, 5) is 17.1. The van der Waals surface area contributed by atoms with Gasteiger partial charge >= 0.3 is 5.69 Å². The minimum Gasteiger partial charge on any atom is -0.497 e. The molecule has 146 valence electrons. The van der Waals surface area contributed by atoms with Gasteiger partial charge in [-0.05, 0) is 46.8 Å². The summed E-state index contributed by atoms with van der Waals surface area (Å²) in [7, 11) is 1.66. The van der Waals surface area contributed by atoms with E-state index in [2.05, 4.69) is 32.4 Å². The monoisotopic (exact) mass is 400 g/mol. The van der Waals surface area contributed by atoms with E-state index in [1.54, 1.807) is 19.2 Å². The summed E-state index contributed by atoms with van der Waals surface area (Å²) in [6, 6.07) is 15.1. The maximum absolute atomic E-state index is 12.6. The molecule has 0 bridgehead atoms. The first-order valence-corrected chi connectivity index (χ1v) is 9.42. The zero-order valence-corrected chi connectivity index (χ0v) is 16.3. The van der Waals surface area contributed by atoms with Crippen molar-refractivity contribution in [2.45, 2.75) is 6.67 Å². The summed E-state index contributed by atoms with van der Waals surface area (Å²) in [5.74, 6) is 0.850. The minimum atomic E-state index is -0.300. The lowest BCUT2D eigenvalue weighted by Crippen LogP contribution is -2.48. The second-order valence-corrected chi connectivity index (χ2v) is 6.98. The number of aromatic nitrogens is 4. The number of hydrogen-bond acceptors (Lipinski definition) is 6. The first-order valence-electron chi connectivity index (χ1n) is 9.05. The lowest BCUT2D eigenvalue weighted by molar-refractivity contribution is 0.191. The molecule has 0 spiro atoms. The maximum atomic E-state index is 12.6. The molecule has 28 heavy (non-hydrogen) atoms. The van der Waals surface area contributed by atoms with Crippen LogP contribution in [0.5, 0.6) is 5.75 Å². The highest BCUT2D eigenvalue weighted by Crippen LogP contribution is 2.20. The van der Waals surface area contributed by atoms with Gasteiger partial charge in [-0.1, -0.05) is 23.7 Å². The predicted molar refractivity (Wildman–Crippen MR) is 107 cm³/mol. The molecule has 0 aliphatic carbocycles. The Morgan fingerprint density at radius 3 is 2.39 bits per heavy atom. The Hall–Kier alpha value is -2.84. The third-order valence-corrected chi connectivity index (χ3v) is 5.18. The van der Waals surface area contributed by atoms with Crippen LogP contribution in [0.15, 0.2) is 53.3 Å². The molecule has 0 amide bonds. The van der Waals surface area contributed by atoms with Crippen LogP contribution in [-0.2, 0) is 6.67 Å². The van der Waals surface area contributed by atoms with Crippen LogP contribution in [0, 0.1) is 0 Å². The number of halogens is 1. The van der Waals surface area contributed by atoms with Crippen LogP contribution in [0.25, 0.3) is 5.69 Å². The standard InChI is InChI=1S/C19H21ClN6O2/c1-28-16-8-6-15(7-9-16)24-12-10-23(11-13-24)14-25-19(27)26(22-21-25)18-5-3-2-4-17(18)20/h2-9H,10-14H2,1H3. The molecule has 2 aromatic carbocycles. The fraction of sp³-hybridized carbons (Fsp3) is 0.316. The smallest absolute Gasteiger partial charge is 0.369 e. The van der Waals surface area contributed by atoms with Crippen molar-refractivity contribution < 1.29 is 4.74 Å². The maximum Gasteiger partial charge on any atom is 0.369 e. The van der Waals surface area contributed by atoms with Crippen LogP contribution in [-0.4, -0.2) is 58.0 Å². The fourth-order valence-corrected chi connectivity index (χ4v) is 3.48. The number of anilines is 1. The van der Waals surface area contributed by atoms with Crippen molar-refractivity contribution in [2.75, 3.05) is 38.2 Å². The van der Waals surface area contributed by atoms with Crippen molar-refractivity contribution in [3.05, 3.63) is 64.0 Å². The largest absolute Gasteiger partial charge is 0.497 e. The van der Waals surface area contributed by atoms with Crippen LogP contribution < -0.4 is 15.3 Å². The van der Waals surface area contributed by atoms with E-state index in [4.69, 9.17) is 16.3 Å². The number of benzene rings is 2. The van der Waals surface area contributed by atoms with E-state index in [1.807, 2.05) is 24.3 Å². The molecular formula is C19H21ClN6O2. The van der Waals surface area contributed by atoms with E-state index >= 15 is 0 Å². The number of para-hydroxylation sites is 1. The van der Waals surface area contributed by atoms with E-state index < -0.39 is 0 Å². The van der Waals surface area contributed by atoms with Crippen molar-refractivity contribution in [1.29, 1.82) is 0 Å². The molecule has 1 aliphatic rings.